The zero-order chi connectivity index (χ0) is 13.1. The first-order valence-corrected chi connectivity index (χ1v) is 6.37. The molecule has 1 aliphatic carbocycles. The first-order chi connectivity index (χ1) is 8.65. The highest BCUT2D eigenvalue weighted by Crippen LogP contribution is 2.42. The van der Waals surface area contributed by atoms with E-state index in [0.717, 1.165) is 25.0 Å². The molecule has 2 rings (SSSR count). The summed E-state index contributed by atoms with van der Waals surface area (Å²) in [5.41, 5.74) is 2.59. The van der Waals surface area contributed by atoms with Gasteiger partial charge in [-0.05, 0) is 55.4 Å². The standard InChI is InChI=1S/C15H20O3/c1-10-8-13(17-2)7-6-11(10)4-5-12-9-14(12)15(16)18-3/h6-8,12,14H,4-5,9H2,1-3H3. The Hall–Kier alpha value is -1.51. The van der Waals surface area contributed by atoms with Crippen molar-refractivity contribution in [2.75, 3.05) is 14.2 Å². The van der Waals surface area contributed by atoms with Gasteiger partial charge in [-0.3, -0.25) is 4.79 Å². The van der Waals surface area contributed by atoms with Gasteiger partial charge in [-0.2, -0.15) is 0 Å². The van der Waals surface area contributed by atoms with Crippen LogP contribution in [0, 0.1) is 18.8 Å². The molecule has 0 heterocycles. The minimum absolute atomic E-state index is 0.0496. The fourth-order valence-corrected chi connectivity index (χ4v) is 2.42. The fourth-order valence-electron chi connectivity index (χ4n) is 2.42. The van der Waals surface area contributed by atoms with Crippen LogP contribution in [0.25, 0.3) is 0 Å². The van der Waals surface area contributed by atoms with Crippen LogP contribution in [-0.2, 0) is 16.0 Å². The van der Waals surface area contributed by atoms with E-state index >= 15 is 0 Å². The molecule has 0 saturated heterocycles. The number of hydrogen-bond donors (Lipinski definition) is 0. The third-order valence-corrected chi connectivity index (χ3v) is 3.76. The number of esters is 1. The SMILES string of the molecule is COC(=O)C1CC1CCc1ccc(OC)cc1C. The number of hydrogen-bond acceptors (Lipinski definition) is 3. The van der Waals surface area contributed by atoms with Gasteiger partial charge in [-0.25, -0.2) is 0 Å². The molecule has 2 unspecified atom stereocenters. The van der Waals surface area contributed by atoms with Crippen LogP contribution in [0.5, 0.6) is 5.75 Å². The van der Waals surface area contributed by atoms with Crippen molar-refractivity contribution in [2.24, 2.45) is 11.8 Å². The minimum atomic E-state index is -0.0496. The summed E-state index contributed by atoms with van der Waals surface area (Å²) in [7, 11) is 3.14. The predicted octanol–water partition coefficient (Wildman–Crippen LogP) is 2.75. The topological polar surface area (TPSA) is 35.5 Å². The van der Waals surface area contributed by atoms with Crippen LogP contribution in [0.4, 0.5) is 0 Å². The van der Waals surface area contributed by atoms with Crippen LogP contribution in [0.15, 0.2) is 18.2 Å². The average molecular weight is 248 g/mol. The molecule has 0 amide bonds. The van der Waals surface area contributed by atoms with Gasteiger partial charge in [0, 0.05) is 0 Å². The summed E-state index contributed by atoms with van der Waals surface area (Å²) in [5.74, 6) is 1.51. The number of rotatable bonds is 5. The van der Waals surface area contributed by atoms with Gasteiger partial charge >= 0.3 is 5.97 Å². The zero-order valence-corrected chi connectivity index (χ0v) is 11.2. The summed E-state index contributed by atoms with van der Waals surface area (Å²) >= 11 is 0. The molecule has 0 aromatic heterocycles. The second kappa shape index (κ2) is 5.42. The second-order valence-electron chi connectivity index (χ2n) is 4.96. The number of methoxy groups -OCH3 is 2. The molecule has 0 spiro atoms. The van der Waals surface area contributed by atoms with Crippen molar-refractivity contribution in [3.8, 4) is 5.75 Å². The first-order valence-electron chi connectivity index (χ1n) is 6.37. The van der Waals surface area contributed by atoms with E-state index in [1.165, 1.54) is 18.2 Å². The molecule has 3 heteroatoms. The summed E-state index contributed by atoms with van der Waals surface area (Å²) in [4.78, 5) is 11.3. The molecule has 1 fully saturated rings. The maximum atomic E-state index is 11.3. The summed E-state index contributed by atoms with van der Waals surface area (Å²) in [5, 5.41) is 0. The van der Waals surface area contributed by atoms with Gasteiger partial charge in [-0.1, -0.05) is 6.07 Å². The van der Waals surface area contributed by atoms with E-state index < -0.39 is 0 Å². The Morgan fingerprint density at radius 1 is 1.39 bits per heavy atom. The van der Waals surface area contributed by atoms with Gasteiger partial charge in [0.2, 0.25) is 0 Å². The predicted molar refractivity (Wildman–Crippen MR) is 69.7 cm³/mol. The number of ether oxygens (including phenoxy) is 2. The highest BCUT2D eigenvalue weighted by molar-refractivity contribution is 5.75. The Balaban J connectivity index is 1.86. The summed E-state index contributed by atoms with van der Waals surface area (Å²) < 4.78 is 9.94. The fraction of sp³-hybridized carbons (Fsp3) is 0.533. The summed E-state index contributed by atoms with van der Waals surface area (Å²) in [6.45, 7) is 2.10. The molecule has 0 bridgehead atoms. The van der Waals surface area contributed by atoms with Crippen molar-refractivity contribution < 1.29 is 14.3 Å². The van der Waals surface area contributed by atoms with Crippen molar-refractivity contribution in [2.45, 2.75) is 26.2 Å². The van der Waals surface area contributed by atoms with Crippen LogP contribution in [0.3, 0.4) is 0 Å². The lowest BCUT2D eigenvalue weighted by molar-refractivity contribution is -0.142. The second-order valence-corrected chi connectivity index (χ2v) is 4.96. The molecule has 1 aliphatic rings. The maximum Gasteiger partial charge on any atom is 0.308 e. The molecule has 1 aromatic rings. The molecule has 0 radical (unpaired) electrons. The van der Waals surface area contributed by atoms with E-state index in [4.69, 9.17) is 9.47 Å². The molecule has 1 saturated carbocycles. The van der Waals surface area contributed by atoms with Gasteiger partial charge in [0.1, 0.15) is 5.75 Å². The molecule has 1 aromatic carbocycles. The summed E-state index contributed by atoms with van der Waals surface area (Å²) in [6.07, 6.45) is 3.07. The molecular weight excluding hydrogens is 228 g/mol. The van der Waals surface area contributed by atoms with Crippen molar-refractivity contribution in [1.82, 2.24) is 0 Å². The van der Waals surface area contributed by atoms with Gasteiger partial charge in [0.15, 0.2) is 0 Å². The highest BCUT2D eigenvalue weighted by atomic mass is 16.5. The Morgan fingerprint density at radius 2 is 2.17 bits per heavy atom. The maximum absolute atomic E-state index is 11.3. The molecular formula is C15H20O3. The van der Waals surface area contributed by atoms with Crippen molar-refractivity contribution >= 4 is 5.97 Å². The molecule has 0 N–H and O–H groups in total. The van der Waals surface area contributed by atoms with E-state index in [1.54, 1.807) is 7.11 Å². The quantitative estimate of drug-likeness (QED) is 0.752. The largest absolute Gasteiger partial charge is 0.497 e. The van der Waals surface area contributed by atoms with Crippen molar-refractivity contribution in [3.63, 3.8) is 0 Å². The van der Waals surface area contributed by atoms with Gasteiger partial charge in [-0.15, -0.1) is 0 Å². The molecule has 2 atom stereocenters. The van der Waals surface area contributed by atoms with E-state index in [2.05, 4.69) is 19.1 Å². The Bertz CT molecular complexity index is 439. The lowest BCUT2D eigenvalue weighted by atomic mass is 10.0. The molecule has 18 heavy (non-hydrogen) atoms. The minimum Gasteiger partial charge on any atom is -0.497 e. The first kappa shape index (κ1) is 12.9. The van der Waals surface area contributed by atoms with Gasteiger partial charge in [0.05, 0.1) is 20.1 Å². The van der Waals surface area contributed by atoms with E-state index in [1.807, 2.05) is 6.07 Å². The monoisotopic (exact) mass is 248 g/mol. The Kier molecular flexibility index (Phi) is 3.90. The molecule has 0 aliphatic heterocycles. The van der Waals surface area contributed by atoms with Crippen LogP contribution >= 0.6 is 0 Å². The van der Waals surface area contributed by atoms with Crippen LogP contribution in [0.2, 0.25) is 0 Å². The normalized spacial score (nSPS) is 21.5. The Labute approximate surface area is 108 Å². The van der Waals surface area contributed by atoms with Crippen LogP contribution < -0.4 is 4.74 Å². The third kappa shape index (κ3) is 2.84. The number of benzene rings is 1. The van der Waals surface area contributed by atoms with Crippen molar-refractivity contribution in [3.05, 3.63) is 29.3 Å². The zero-order valence-electron chi connectivity index (χ0n) is 11.2. The third-order valence-electron chi connectivity index (χ3n) is 3.76. The van der Waals surface area contributed by atoms with Gasteiger partial charge < -0.3 is 9.47 Å². The van der Waals surface area contributed by atoms with Crippen LogP contribution in [0.1, 0.15) is 24.0 Å². The smallest absolute Gasteiger partial charge is 0.308 e. The Morgan fingerprint density at radius 3 is 2.78 bits per heavy atom. The van der Waals surface area contributed by atoms with Gasteiger partial charge in [0.25, 0.3) is 0 Å². The lowest BCUT2D eigenvalue weighted by Gasteiger charge is -2.07. The summed E-state index contributed by atoms with van der Waals surface area (Å²) in [6, 6.07) is 6.16. The number of carbonyl (C=O) groups excluding carboxylic acids is 1. The highest BCUT2D eigenvalue weighted by Gasteiger charge is 2.43. The average Bonchev–Trinajstić information content (AvgIpc) is 3.15. The van der Waals surface area contributed by atoms with E-state index in [0.29, 0.717) is 5.92 Å². The van der Waals surface area contributed by atoms with E-state index in [-0.39, 0.29) is 11.9 Å². The lowest BCUT2D eigenvalue weighted by Crippen LogP contribution is -2.04. The number of aryl methyl sites for hydroxylation is 2. The van der Waals surface area contributed by atoms with Crippen molar-refractivity contribution in [1.29, 1.82) is 0 Å². The van der Waals surface area contributed by atoms with Crippen LogP contribution in [-0.4, -0.2) is 20.2 Å². The number of carbonyl (C=O) groups is 1. The molecule has 3 nitrogen and oxygen atoms in total. The van der Waals surface area contributed by atoms with E-state index in [9.17, 15) is 4.79 Å². The molecule has 98 valence electrons.